The quantitative estimate of drug-likeness (QED) is 0.741. The minimum atomic E-state index is -0.351. The molecular formula is C17H15FN2O3S. The van der Waals surface area contributed by atoms with Crippen molar-refractivity contribution >= 4 is 17.2 Å². The Bertz CT molecular complexity index is 826. The van der Waals surface area contributed by atoms with Crippen LogP contribution in [0.4, 0.5) is 4.39 Å². The highest BCUT2D eigenvalue weighted by molar-refractivity contribution is 7.09. The number of aromatic nitrogens is 1. The second kappa shape index (κ2) is 7.27. The van der Waals surface area contributed by atoms with Crippen LogP contribution < -0.4 is 10.1 Å². The Morgan fingerprint density at radius 2 is 2.08 bits per heavy atom. The van der Waals surface area contributed by atoms with E-state index in [1.807, 2.05) is 18.4 Å². The fraction of sp³-hybridized carbons (Fsp3) is 0.176. The molecule has 0 aliphatic carbocycles. The van der Waals surface area contributed by atoms with Crippen molar-refractivity contribution in [1.82, 2.24) is 10.3 Å². The van der Waals surface area contributed by atoms with E-state index in [1.165, 1.54) is 24.3 Å². The van der Waals surface area contributed by atoms with Gasteiger partial charge in [0.25, 0.3) is 5.91 Å². The molecule has 3 aromatic rings. The van der Waals surface area contributed by atoms with Crippen molar-refractivity contribution in [1.29, 1.82) is 0 Å². The highest BCUT2D eigenvalue weighted by atomic mass is 32.1. The van der Waals surface area contributed by atoms with E-state index in [0.717, 1.165) is 10.7 Å². The highest BCUT2D eigenvalue weighted by Gasteiger charge is 2.09. The van der Waals surface area contributed by atoms with Gasteiger partial charge in [0.2, 0.25) is 0 Å². The molecule has 24 heavy (non-hydrogen) atoms. The predicted molar refractivity (Wildman–Crippen MR) is 88.3 cm³/mol. The van der Waals surface area contributed by atoms with Gasteiger partial charge in [0.15, 0.2) is 12.4 Å². The molecule has 0 bridgehead atoms. The standard InChI is InChI=1S/C17H15FN2O3S/c1-11-20-15(10-24-11)16-7-6-14(23-16)8-19-17(21)9-22-13-4-2-12(18)3-5-13/h2-7,10H,8-9H2,1H3,(H,19,21). The first kappa shape index (κ1) is 16.2. The van der Waals surface area contributed by atoms with Crippen LogP contribution in [-0.4, -0.2) is 17.5 Å². The van der Waals surface area contributed by atoms with E-state index < -0.39 is 0 Å². The fourth-order valence-corrected chi connectivity index (χ4v) is 2.61. The Hall–Kier alpha value is -2.67. The summed E-state index contributed by atoms with van der Waals surface area (Å²) < 4.78 is 23.7. The average molecular weight is 346 g/mol. The second-order valence-electron chi connectivity index (χ2n) is 5.04. The number of ether oxygens (including phenoxy) is 1. The average Bonchev–Trinajstić information content (AvgIpc) is 3.21. The fourth-order valence-electron chi connectivity index (χ4n) is 2.00. The molecule has 0 radical (unpaired) electrons. The van der Waals surface area contributed by atoms with E-state index >= 15 is 0 Å². The molecule has 2 aromatic heterocycles. The molecule has 5 nitrogen and oxygen atoms in total. The zero-order chi connectivity index (χ0) is 16.9. The highest BCUT2D eigenvalue weighted by Crippen LogP contribution is 2.23. The molecule has 1 amide bonds. The van der Waals surface area contributed by atoms with Crippen molar-refractivity contribution < 1.29 is 18.3 Å². The number of aryl methyl sites for hydroxylation is 1. The van der Waals surface area contributed by atoms with E-state index in [4.69, 9.17) is 9.15 Å². The molecule has 0 aliphatic heterocycles. The van der Waals surface area contributed by atoms with Gasteiger partial charge < -0.3 is 14.5 Å². The van der Waals surface area contributed by atoms with Gasteiger partial charge in [0.1, 0.15) is 23.0 Å². The molecule has 0 atom stereocenters. The van der Waals surface area contributed by atoms with Crippen molar-refractivity contribution in [3.8, 4) is 17.2 Å². The van der Waals surface area contributed by atoms with Crippen LogP contribution in [0, 0.1) is 12.7 Å². The maximum Gasteiger partial charge on any atom is 0.258 e. The molecule has 7 heteroatoms. The summed E-state index contributed by atoms with van der Waals surface area (Å²) in [6, 6.07) is 9.11. The van der Waals surface area contributed by atoms with Gasteiger partial charge in [-0.15, -0.1) is 11.3 Å². The minimum absolute atomic E-state index is 0.148. The van der Waals surface area contributed by atoms with Crippen LogP contribution in [0.25, 0.3) is 11.5 Å². The Morgan fingerprint density at radius 3 is 2.79 bits per heavy atom. The number of carbonyl (C=O) groups excluding carboxylic acids is 1. The van der Waals surface area contributed by atoms with Crippen LogP contribution >= 0.6 is 11.3 Å². The largest absolute Gasteiger partial charge is 0.484 e. The smallest absolute Gasteiger partial charge is 0.258 e. The van der Waals surface area contributed by atoms with E-state index in [0.29, 0.717) is 17.3 Å². The Morgan fingerprint density at radius 1 is 1.29 bits per heavy atom. The lowest BCUT2D eigenvalue weighted by Crippen LogP contribution is -2.28. The first-order valence-corrected chi connectivity index (χ1v) is 8.14. The Labute approximate surface area is 142 Å². The van der Waals surface area contributed by atoms with Crippen molar-refractivity contribution in [2.45, 2.75) is 13.5 Å². The van der Waals surface area contributed by atoms with Gasteiger partial charge in [-0.05, 0) is 43.3 Å². The third kappa shape index (κ3) is 4.20. The van der Waals surface area contributed by atoms with Gasteiger partial charge in [-0.3, -0.25) is 4.79 Å². The van der Waals surface area contributed by atoms with Gasteiger partial charge in [-0.1, -0.05) is 0 Å². The number of hydrogen-bond donors (Lipinski definition) is 1. The molecule has 0 fully saturated rings. The number of nitrogens with one attached hydrogen (secondary N) is 1. The molecule has 0 aliphatic rings. The number of halogens is 1. The van der Waals surface area contributed by atoms with E-state index in [9.17, 15) is 9.18 Å². The molecule has 0 saturated carbocycles. The number of carbonyl (C=O) groups is 1. The van der Waals surface area contributed by atoms with E-state index in [1.54, 1.807) is 17.4 Å². The van der Waals surface area contributed by atoms with Crippen molar-refractivity contribution in [2.75, 3.05) is 6.61 Å². The summed E-state index contributed by atoms with van der Waals surface area (Å²) >= 11 is 1.55. The number of nitrogens with zero attached hydrogens (tertiary/aromatic N) is 1. The predicted octanol–water partition coefficient (Wildman–Crippen LogP) is 3.55. The summed E-state index contributed by atoms with van der Waals surface area (Å²) in [5.74, 6) is 1.10. The van der Waals surface area contributed by atoms with Crippen LogP contribution in [0.3, 0.4) is 0 Å². The Kier molecular flexibility index (Phi) is 4.90. The number of benzene rings is 1. The first-order chi connectivity index (χ1) is 11.6. The summed E-state index contributed by atoms with van der Waals surface area (Å²) in [7, 11) is 0. The lowest BCUT2D eigenvalue weighted by atomic mass is 10.3. The number of thiazole rings is 1. The summed E-state index contributed by atoms with van der Waals surface area (Å²) in [6.07, 6.45) is 0. The number of furan rings is 1. The molecule has 3 rings (SSSR count). The van der Waals surface area contributed by atoms with Crippen LogP contribution in [0.2, 0.25) is 0 Å². The summed E-state index contributed by atoms with van der Waals surface area (Å²) in [4.78, 5) is 16.1. The summed E-state index contributed by atoms with van der Waals surface area (Å²) in [5.41, 5.74) is 0.787. The third-order valence-electron chi connectivity index (χ3n) is 3.18. The monoisotopic (exact) mass is 346 g/mol. The molecule has 124 valence electrons. The minimum Gasteiger partial charge on any atom is -0.484 e. The molecule has 2 heterocycles. The zero-order valence-electron chi connectivity index (χ0n) is 12.9. The number of hydrogen-bond acceptors (Lipinski definition) is 5. The van der Waals surface area contributed by atoms with Crippen LogP contribution in [0.1, 0.15) is 10.8 Å². The lowest BCUT2D eigenvalue weighted by Gasteiger charge is -2.06. The third-order valence-corrected chi connectivity index (χ3v) is 3.95. The Balaban J connectivity index is 1.48. The SMILES string of the molecule is Cc1nc(-c2ccc(CNC(=O)COc3ccc(F)cc3)o2)cs1. The summed E-state index contributed by atoms with van der Waals surface area (Å²) in [6.45, 7) is 2.04. The maximum atomic E-state index is 12.8. The number of amides is 1. The van der Waals surface area contributed by atoms with Crippen molar-refractivity contribution in [3.63, 3.8) is 0 Å². The van der Waals surface area contributed by atoms with Gasteiger partial charge >= 0.3 is 0 Å². The van der Waals surface area contributed by atoms with E-state index in [-0.39, 0.29) is 24.9 Å². The van der Waals surface area contributed by atoms with E-state index in [2.05, 4.69) is 10.3 Å². The van der Waals surface area contributed by atoms with Gasteiger partial charge in [-0.2, -0.15) is 0 Å². The van der Waals surface area contributed by atoms with Gasteiger partial charge in [0.05, 0.1) is 11.6 Å². The van der Waals surface area contributed by atoms with Crippen LogP contribution in [-0.2, 0) is 11.3 Å². The van der Waals surface area contributed by atoms with Gasteiger partial charge in [-0.25, -0.2) is 9.37 Å². The summed E-state index contributed by atoms with van der Waals surface area (Å²) in [5, 5.41) is 5.59. The zero-order valence-corrected chi connectivity index (χ0v) is 13.7. The van der Waals surface area contributed by atoms with Crippen molar-refractivity contribution in [2.24, 2.45) is 0 Å². The second-order valence-corrected chi connectivity index (χ2v) is 6.10. The van der Waals surface area contributed by atoms with Crippen molar-refractivity contribution in [3.05, 3.63) is 58.4 Å². The van der Waals surface area contributed by atoms with Crippen LogP contribution in [0.5, 0.6) is 5.75 Å². The molecule has 0 spiro atoms. The lowest BCUT2D eigenvalue weighted by molar-refractivity contribution is -0.123. The molecule has 1 aromatic carbocycles. The topological polar surface area (TPSA) is 64.4 Å². The van der Waals surface area contributed by atoms with Gasteiger partial charge in [0, 0.05) is 5.38 Å². The molecule has 0 unspecified atom stereocenters. The molecule has 1 N–H and O–H groups in total. The van der Waals surface area contributed by atoms with Crippen LogP contribution in [0.15, 0.2) is 46.2 Å². The first-order valence-electron chi connectivity index (χ1n) is 7.26. The maximum absolute atomic E-state index is 12.8. The number of rotatable bonds is 6. The molecule has 0 saturated heterocycles. The molecular weight excluding hydrogens is 331 g/mol. The normalized spacial score (nSPS) is 10.6.